The number of hydrogen-bond acceptors (Lipinski definition) is 5. The van der Waals surface area contributed by atoms with E-state index in [4.69, 9.17) is 4.74 Å². The summed E-state index contributed by atoms with van der Waals surface area (Å²) in [7, 11) is 2.05. The predicted molar refractivity (Wildman–Crippen MR) is 107 cm³/mol. The van der Waals surface area contributed by atoms with Gasteiger partial charge in [0.25, 0.3) is 5.91 Å². The summed E-state index contributed by atoms with van der Waals surface area (Å²) in [5.41, 5.74) is 0.954. The molecule has 0 bridgehead atoms. The van der Waals surface area contributed by atoms with E-state index < -0.39 is 0 Å². The Labute approximate surface area is 166 Å². The van der Waals surface area contributed by atoms with Crippen molar-refractivity contribution in [2.75, 3.05) is 58.3 Å². The van der Waals surface area contributed by atoms with E-state index in [1.54, 1.807) is 18.3 Å². The molecule has 0 spiro atoms. The van der Waals surface area contributed by atoms with Crippen molar-refractivity contribution in [3.05, 3.63) is 24.0 Å². The maximum atomic E-state index is 12.8. The molecule has 0 aromatic carbocycles. The molecule has 0 aliphatic carbocycles. The molecule has 3 heterocycles. The van der Waals surface area contributed by atoms with E-state index in [-0.39, 0.29) is 18.0 Å². The smallest absolute Gasteiger partial charge is 0.322 e. The van der Waals surface area contributed by atoms with Gasteiger partial charge >= 0.3 is 6.03 Å². The average Bonchev–Trinajstić information content (AvgIpc) is 2.68. The number of carbonyl (C=O) groups excluding carboxylic acids is 2. The number of urea groups is 1. The van der Waals surface area contributed by atoms with Crippen LogP contribution in [0, 0.1) is 5.92 Å². The van der Waals surface area contributed by atoms with Gasteiger partial charge in [-0.15, -0.1) is 0 Å². The third-order valence-corrected chi connectivity index (χ3v) is 5.25. The van der Waals surface area contributed by atoms with Gasteiger partial charge in [0.2, 0.25) is 0 Å². The molecule has 1 unspecified atom stereocenters. The third-order valence-electron chi connectivity index (χ3n) is 5.25. The molecule has 2 aliphatic heterocycles. The molecule has 1 atom stereocenters. The van der Waals surface area contributed by atoms with Crippen molar-refractivity contribution in [3.63, 3.8) is 0 Å². The molecule has 3 rings (SSSR count). The van der Waals surface area contributed by atoms with Crippen LogP contribution < -0.4 is 5.32 Å². The maximum Gasteiger partial charge on any atom is 0.322 e. The highest BCUT2D eigenvalue weighted by molar-refractivity contribution is 5.95. The monoisotopic (exact) mass is 389 g/mol. The van der Waals surface area contributed by atoms with Crippen LogP contribution in [0.5, 0.6) is 0 Å². The SMILES string of the molecule is CC(C)CC1COCCN1C(=O)Nc1ccnc(C(=O)N2CCN(C)CC2)c1. The molecule has 1 aromatic rings. The van der Waals surface area contributed by atoms with Crippen molar-refractivity contribution in [3.8, 4) is 0 Å². The molecule has 28 heavy (non-hydrogen) atoms. The lowest BCUT2D eigenvalue weighted by Crippen LogP contribution is -2.50. The Kier molecular flexibility index (Phi) is 6.85. The van der Waals surface area contributed by atoms with Crippen molar-refractivity contribution in [1.82, 2.24) is 19.7 Å². The van der Waals surface area contributed by atoms with Gasteiger partial charge in [0.1, 0.15) is 5.69 Å². The van der Waals surface area contributed by atoms with Gasteiger partial charge in [0.05, 0.1) is 19.3 Å². The van der Waals surface area contributed by atoms with E-state index in [1.807, 2.05) is 9.80 Å². The van der Waals surface area contributed by atoms with E-state index in [0.717, 1.165) is 19.5 Å². The minimum atomic E-state index is -0.154. The van der Waals surface area contributed by atoms with Crippen LogP contribution >= 0.6 is 0 Å². The number of amides is 3. The fraction of sp³-hybridized carbons (Fsp3) is 0.650. The number of ether oxygens (including phenoxy) is 1. The summed E-state index contributed by atoms with van der Waals surface area (Å²) in [6, 6.07) is 3.30. The molecular weight excluding hydrogens is 358 g/mol. The van der Waals surface area contributed by atoms with Gasteiger partial charge in [0.15, 0.2) is 0 Å². The number of piperazine rings is 1. The van der Waals surface area contributed by atoms with Gasteiger partial charge in [0, 0.05) is 44.6 Å². The highest BCUT2D eigenvalue weighted by Gasteiger charge is 2.28. The summed E-state index contributed by atoms with van der Waals surface area (Å²) in [4.78, 5) is 35.6. The largest absolute Gasteiger partial charge is 0.377 e. The zero-order valence-corrected chi connectivity index (χ0v) is 17.1. The lowest BCUT2D eigenvalue weighted by atomic mass is 10.0. The van der Waals surface area contributed by atoms with Crippen molar-refractivity contribution in [2.24, 2.45) is 5.92 Å². The Morgan fingerprint density at radius 2 is 2.00 bits per heavy atom. The first kappa shape index (κ1) is 20.5. The van der Waals surface area contributed by atoms with Crippen LogP contribution in [0.1, 0.15) is 30.8 Å². The van der Waals surface area contributed by atoms with Gasteiger partial charge in [-0.3, -0.25) is 9.78 Å². The minimum Gasteiger partial charge on any atom is -0.377 e. The number of morpholine rings is 1. The topological polar surface area (TPSA) is 78.0 Å². The summed E-state index contributed by atoms with van der Waals surface area (Å²) in [6.07, 6.45) is 2.47. The normalized spacial score (nSPS) is 21.1. The highest BCUT2D eigenvalue weighted by Crippen LogP contribution is 2.18. The van der Waals surface area contributed by atoms with E-state index in [2.05, 4.69) is 36.1 Å². The standard InChI is InChI=1S/C20H31N5O3/c1-15(2)12-17-14-28-11-10-25(17)20(27)22-16-4-5-21-18(13-16)19(26)24-8-6-23(3)7-9-24/h4-5,13,15,17H,6-12,14H2,1-3H3,(H,21,22,27). The first-order chi connectivity index (χ1) is 13.4. The van der Waals surface area contributed by atoms with Crippen molar-refractivity contribution < 1.29 is 14.3 Å². The van der Waals surface area contributed by atoms with Gasteiger partial charge < -0.3 is 24.8 Å². The number of aromatic nitrogens is 1. The van der Waals surface area contributed by atoms with E-state index in [0.29, 0.717) is 50.1 Å². The summed E-state index contributed by atoms with van der Waals surface area (Å²) >= 11 is 0. The number of hydrogen-bond donors (Lipinski definition) is 1. The molecule has 8 heteroatoms. The molecule has 0 radical (unpaired) electrons. The molecule has 8 nitrogen and oxygen atoms in total. The quantitative estimate of drug-likeness (QED) is 0.849. The fourth-order valence-electron chi connectivity index (χ4n) is 3.65. The predicted octanol–water partition coefficient (Wildman–Crippen LogP) is 1.75. The third kappa shape index (κ3) is 5.20. The molecule has 0 saturated carbocycles. The van der Waals surface area contributed by atoms with Crippen molar-refractivity contribution in [1.29, 1.82) is 0 Å². The number of pyridine rings is 1. The van der Waals surface area contributed by atoms with Crippen molar-refractivity contribution >= 4 is 17.6 Å². The Hall–Kier alpha value is -2.19. The van der Waals surface area contributed by atoms with Crippen LogP contribution in [0.4, 0.5) is 10.5 Å². The highest BCUT2D eigenvalue weighted by atomic mass is 16.5. The molecule has 1 N–H and O–H groups in total. The number of nitrogens with zero attached hydrogens (tertiary/aromatic N) is 4. The van der Waals surface area contributed by atoms with Gasteiger partial charge in [-0.25, -0.2) is 4.79 Å². The second-order valence-electron chi connectivity index (χ2n) is 8.01. The zero-order valence-electron chi connectivity index (χ0n) is 17.1. The van der Waals surface area contributed by atoms with E-state index in [1.165, 1.54) is 0 Å². The van der Waals surface area contributed by atoms with Crippen LogP contribution in [0.25, 0.3) is 0 Å². The Morgan fingerprint density at radius 3 is 2.71 bits per heavy atom. The Morgan fingerprint density at radius 1 is 1.25 bits per heavy atom. The molecule has 2 saturated heterocycles. The van der Waals surface area contributed by atoms with Crippen LogP contribution in [0.3, 0.4) is 0 Å². The molecule has 2 fully saturated rings. The number of likely N-dealkylation sites (N-methyl/N-ethyl adjacent to an activating group) is 1. The second kappa shape index (κ2) is 9.34. The number of nitrogens with one attached hydrogen (secondary N) is 1. The lowest BCUT2D eigenvalue weighted by molar-refractivity contribution is 0.00857. The summed E-state index contributed by atoms with van der Waals surface area (Å²) in [5, 5.41) is 2.93. The van der Waals surface area contributed by atoms with Gasteiger partial charge in [-0.1, -0.05) is 13.8 Å². The number of anilines is 1. The Balaban J connectivity index is 1.65. The summed E-state index contributed by atoms with van der Waals surface area (Å²) < 4.78 is 5.55. The van der Waals surface area contributed by atoms with Gasteiger partial charge in [-0.2, -0.15) is 0 Å². The average molecular weight is 390 g/mol. The van der Waals surface area contributed by atoms with Crippen molar-refractivity contribution in [2.45, 2.75) is 26.3 Å². The summed E-state index contributed by atoms with van der Waals surface area (Å²) in [6.45, 7) is 9.07. The van der Waals surface area contributed by atoms with Crippen LogP contribution in [-0.4, -0.2) is 90.6 Å². The first-order valence-electron chi connectivity index (χ1n) is 10.0. The maximum absolute atomic E-state index is 12.8. The molecule has 3 amide bonds. The number of rotatable bonds is 4. The molecular formula is C20H31N5O3. The van der Waals surface area contributed by atoms with E-state index >= 15 is 0 Å². The molecule has 2 aliphatic rings. The zero-order chi connectivity index (χ0) is 20.1. The van der Waals surface area contributed by atoms with Crippen LogP contribution in [-0.2, 0) is 4.74 Å². The fourth-order valence-corrected chi connectivity index (χ4v) is 3.65. The van der Waals surface area contributed by atoms with Crippen LogP contribution in [0.15, 0.2) is 18.3 Å². The van der Waals surface area contributed by atoms with Crippen LogP contribution in [0.2, 0.25) is 0 Å². The number of carbonyl (C=O) groups is 2. The Bertz CT molecular complexity index is 688. The second-order valence-corrected chi connectivity index (χ2v) is 8.01. The minimum absolute atomic E-state index is 0.0713. The van der Waals surface area contributed by atoms with E-state index in [9.17, 15) is 9.59 Å². The lowest BCUT2D eigenvalue weighted by Gasteiger charge is -2.36. The summed E-state index contributed by atoms with van der Waals surface area (Å²) in [5.74, 6) is 0.393. The van der Waals surface area contributed by atoms with Gasteiger partial charge in [-0.05, 0) is 31.5 Å². The molecule has 154 valence electrons. The molecule has 1 aromatic heterocycles. The first-order valence-corrected chi connectivity index (χ1v) is 10.0.